The molecule has 1 aromatic carbocycles. The summed E-state index contributed by atoms with van der Waals surface area (Å²) < 4.78 is 5.49. The van der Waals surface area contributed by atoms with E-state index in [1.807, 2.05) is 31.2 Å². The molecule has 0 unspecified atom stereocenters. The third-order valence-electron chi connectivity index (χ3n) is 3.12. The maximum Gasteiger partial charge on any atom is 0.253 e. The summed E-state index contributed by atoms with van der Waals surface area (Å²) >= 11 is 0. The fraction of sp³-hybridized carbons (Fsp3) is 0.533. The minimum atomic E-state index is -0.0495. The van der Waals surface area contributed by atoms with Gasteiger partial charge in [-0.1, -0.05) is 12.1 Å². The lowest BCUT2D eigenvalue weighted by Crippen LogP contribution is -2.28. The van der Waals surface area contributed by atoms with E-state index in [0.29, 0.717) is 18.7 Å². The van der Waals surface area contributed by atoms with Crippen LogP contribution in [-0.2, 0) is 4.74 Å². The van der Waals surface area contributed by atoms with E-state index in [1.165, 1.54) is 12.8 Å². The third-order valence-corrected chi connectivity index (χ3v) is 3.12. The largest absolute Gasteiger partial charge is 0.385 e. The molecule has 2 N–H and O–H groups in total. The minimum Gasteiger partial charge on any atom is -0.385 e. The molecule has 1 saturated carbocycles. The smallest absolute Gasteiger partial charge is 0.253 e. The van der Waals surface area contributed by atoms with Crippen LogP contribution in [0.3, 0.4) is 0 Å². The molecule has 4 heteroatoms. The van der Waals surface area contributed by atoms with Crippen LogP contribution in [0.1, 0.15) is 30.1 Å². The highest BCUT2D eigenvalue weighted by atomic mass is 16.5. The fourth-order valence-corrected chi connectivity index (χ4v) is 1.89. The zero-order valence-electron chi connectivity index (χ0n) is 11.4. The number of hydrogen-bond donors (Lipinski definition) is 2. The molecule has 0 saturated heterocycles. The molecule has 104 valence electrons. The van der Waals surface area contributed by atoms with Crippen LogP contribution in [0, 0.1) is 5.92 Å². The summed E-state index contributed by atoms with van der Waals surface area (Å²) in [4.78, 5) is 12.0. The normalized spacial score (nSPS) is 14.2. The van der Waals surface area contributed by atoms with Crippen LogP contribution in [0.5, 0.6) is 0 Å². The Bertz CT molecular complexity index is 416. The van der Waals surface area contributed by atoms with E-state index < -0.39 is 0 Å². The van der Waals surface area contributed by atoms with Crippen molar-refractivity contribution in [2.24, 2.45) is 5.92 Å². The van der Waals surface area contributed by atoms with Gasteiger partial charge in [-0.15, -0.1) is 0 Å². The highest BCUT2D eigenvalue weighted by Crippen LogP contribution is 2.28. The standard InChI is InChI=1S/C15H22N2O2/c1-2-16-14-6-4-3-5-13(14)15(18)17-9-10-19-11-12-7-8-12/h3-6,12,16H,2,7-11H2,1H3,(H,17,18). The Kier molecular flexibility index (Phi) is 5.21. The first-order valence-corrected chi connectivity index (χ1v) is 7.00. The summed E-state index contributed by atoms with van der Waals surface area (Å²) in [5.41, 5.74) is 1.56. The Morgan fingerprint density at radius 2 is 2.16 bits per heavy atom. The van der Waals surface area contributed by atoms with Gasteiger partial charge in [-0.3, -0.25) is 4.79 Å². The van der Waals surface area contributed by atoms with E-state index in [2.05, 4.69) is 10.6 Å². The lowest BCUT2D eigenvalue weighted by Gasteiger charge is -2.11. The van der Waals surface area contributed by atoms with Crippen LogP contribution in [0.2, 0.25) is 0 Å². The van der Waals surface area contributed by atoms with Gasteiger partial charge < -0.3 is 15.4 Å². The molecule has 1 aliphatic carbocycles. The zero-order valence-corrected chi connectivity index (χ0v) is 11.4. The first-order chi connectivity index (χ1) is 9.31. The van der Waals surface area contributed by atoms with Gasteiger partial charge in [0.2, 0.25) is 0 Å². The average molecular weight is 262 g/mol. The number of para-hydroxylation sites is 1. The molecule has 0 aliphatic heterocycles. The van der Waals surface area contributed by atoms with Gasteiger partial charge in [0.25, 0.3) is 5.91 Å². The Labute approximate surface area is 114 Å². The lowest BCUT2D eigenvalue weighted by atomic mass is 10.1. The number of ether oxygens (including phenoxy) is 1. The van der Waals surface area contributed by atoms with E-state index >= 15 is 0 Å². The number of anilines is 1. The molecule has 1 amide bonds. The van der Waals surface area contributed by atoms with Crippen molar-refractivity contribution in [3.8, 4) is 0 Å². The number of carbonyl (C=O) groups excluding carboxylic acids is 1. The summed E-state index contributed by atoms with van der Waals surface area (Å²) in [6.45, 7) is 4.80. The second-order valence-corrected chi connectivity index (χ2v) is 4.85. The Morgan fingerprint density at radius 1 is 1.37 bits per heavy atom. The quantitative estimate of drug-likeness (QED) is 0.707. The summed E-state index contributed by atoms with van der Waals surface area (Å²) in [5, 5.41) is 6.08. The van der Waals surface area contributed by atoms with Crippen LogP contribution in [0.4, 0.5) is 5.69 Å². The summed E-state index contributed by atoms with van der Waals surface area (Å²) in [7, 11) is 0. The molecule has 19 heavy (non-hydrogen) atoms. The molecule has 1 fully saturated rings. The number of nitrogens with one attached hydrogen (secondary N) is 2. The van der Waals surface area contributed by atoms with Crippen molar-refractivity contribution >= 4 is 11.6 Å². The van der Waals surface area contributed by atoms with Crippen LogP contribution < -0.4 is 10.6 Å². The number of hydrogen-bond acceptors (Lipinski definition) is 3. The molecular weight excluding hydrogens is 240 g/mol. The maximum atomic E-state index is 12.0. The summed E-state index contributed by atoms with van der Waals surface area (Å²) in [6, 6.07) is 7.55. The second kappa shape index (κ2) is 7.14. The molecular formula is C15H22N2O2. The second-order valence-electron chi connectivity index (χ2n) is 4.85. The number of carbonyl (C=O) groups is 1. The van der Waals surface area contributed by atoms with Gasteiger partial charge in [0.1, 0.15) is 0 Å². The molecule has 2 rings (SSSR count). The van der Waals surface area contributed by atoms with E-state index in [4.69, 9.17) is 4.74 Å². The van der Waals surface area contributed by atoms with E-state index in [9.17, 15) is 4.79 Å². The maximum absolute atomic E-state index is 12.0. The van der Waals surface area contributed by atoms with Gasteiger partial charge in [0.15, 0.2) is 0 Å². The number of benzene rings is 1. The SMILES string of the molecule is CCNc1ccccc1C(=O)NCCOCC1CC1. The fourth-order valence-electron chi connectivity index (χ4n) is 1.89. The molecule has 0 bridgehead atoms. The number of rotatable bonds is 8. The van der Waals surface area contributed by atoms with Crippen LogP contribution in [-0.4, -0.2) is 32.2 Å². The van der Waals surface area contributed by atoms with Crippen LogP contribution in [0.25, 0.3) is 0 Å². The predicted octanol–water partition coefficient (Wildman–Crippen LogP) is 2.27. The predicted molar refractivity (Wildman–Crippen MR) is 76.5 cm³/mol. The van der Waals surface area contributed by atoms with Crippen molar-refractivity contribution in [1.29, 1.82) is 0 Å². The molecule has 4 nitrogen and oxygen atoms in total. The van der Waals surface area contributed by atoms with Crippen molar-refractivity contribution in [2.75, 3.05) is 31.6 Å². The van der Waals surface area contributed by atoms with Crippen molar-refractivity contribution in [1.82, 2.24) is 5.32 Å². The average Bonchev–Trinajstić information content (AvgIpc) is 3.23. The molecule has 0 spiro atoms. The molecule has 0 aromatic heterocycles. The van der Waals surface area contributed by atoms with E-state index in [1.54, 1.807) is 0 Å². The summed E-state index contributed by atoms with van der Waals surface area (Å²) in [5.74, 6) is 0.719. The van der Waals surface area contributed by atoms with Gasteiger partial charge in [-0.25, -0.2) is 0 Å². The van der Waals surface area contributed by atoms with Crippen molar-refractivity contribution in [3.05, 3.63) is 29.8 Å². The topological polar surface area (TPSA) is 50.4 Å². The van der Waals surface area contributed by atoms with Crippen molar-refractivity contribution in [2.45, 2.75) is 19.8 Å². The Morgan fingerprint density at radius 3 is 2.89 bits per heavy atom. The van der Waals surface area contributed by atoms with Crippen LogP contribution >= 0.6 is 0 Å². The van der Waals surface area contributed by atoms with Crippen LogP contribution in [0.15, 0.2) is 24.3 Å². The molecule has 1 aromatic rings. The molecule has 0 atom stereocenters. The third kappa shape index (κ3) is 4.56. The summed E-state index contributed by atoms with van der Waals surface area (Å²) in [6.07, 6.45) is 2.59. The Hall–Kier alpha value is -1.55. The Balaban J connectivity index is 1.74. The molecule has 0 heterocycles. The van der Waals surface area contributed by atoms with Crippen molar-refractivity contribution in [3.63, 3.8) is 0 Å². The first kappa shape index (κ1) is 13.9. The molecule has 1 aliphatic rings. The number of amides is 1. The van der Waals surface area contributed by atoms with Gasteiger partial charge in [0.05, 0.1) is 12.2 Å². The van der Waals surface area contributed by atoms with Gasteiger partial charge in [-0.05, 0) is 37.8 Å². The lowest BCUT2D eigenvalue weighted by molar-refractivity contribution is 0.0907. The van der Waals surface area contributed by atoms with Gasteiger partial charge in [-0.2, -0.15) is 0 Å². The van der Waals surface area contributed by atoms with Gasteiger partial charge >= 0.3 is 0 Å². The zero-order chi connectivity index (χ0) is 13.5. The molecule has 0 radical (unpaired) electrons. The first-order valence-electron chi connectivity index (χ1n) is 7.00. The van der Waals surface area contributed by atoms with Gasteiger partial charge in [0, 0.05) is 25.4 Å². The highest BCUT2D eigenvalue weighted by molar-refractivity contribution is 5.99. The van der Waals surface area contributed by atoms with Crippen molar-refractivity contribution < 1.29 is 9.53 Å². The highest BCUT2D eigenvalue weighted by Gasteiger charge is 2.20. The minimum absolute atomic E-state index is 0.0495. The monoisotopic (exact) mass is 262 g/mol. The van der Waals surface area contributed by atoms with E-state index in [-0.39, 0.29) is 5.91 Å². The van der Waals surface area contributed by atoms with E-state index in [0.717, 1.165) is 24.8 Å².